The summed E-state index contributed by atoms with van der Waals surface area (Å²) >= 11 is 7.19. The minimum atomic E-state index is 0.389. The molecule has 0 radical (unpaired) electrons. The first kappa shape index (κ1) is 23.0. The molecule has 0 aliphatic rings. The maximum absolute atomic E-state index is 5.93. The largest absolute Gasteiger partial charge is 0.493 e. The van der Waals surface area contributed by atoms with Crippen LogP contribution in [0.1, 0.15) is 11.1 Å². The van der Waals surface area contributed by atoms with Crippen LogP contribution in [0.15, 0.2) is 54.2 Å². The SMILES string of the molecule is C=CCc1ccccc1OCCOc1c(I)cc(/C=N\NC(=S)NC)cc1OC. The Balaban J connectivity index is 1.98. The molecule has 0 atom stereocenters. The topological polar surface area (TPSA) is 64.1 Å². The van der Waals surface area contributed by atoms with E-state index in [0.717, 1.165) is 26.9 Å². The molecule has 0 unspecified atom stereocenters. The summed E-state index contributed by atoms with van der Waals surface area (Å²) in [5.41, 5.74) is 4.68. The van der Waals surface area contributed by atoms with Gasteiger partial charge in [-0.05, 0) is 70.6 Å². The summed E-state index contributed by atoms with van der Waals surface area (Å²) in [5, 5.41) is 7.32. The average molecular weight is 525 g/mol. The third-order valence-corrected chi connectivity index (χ3v) is 4.88. The van der Waals surface area contributed by atoms with Crippen molar-refractivity contribution in [3.8, 4) is 17.2 Å². The molecule has 0 saturated heterocycles. The maximum atomic E-state index is 5.93. The Morgan fingerprint density at radius 2 is 1.97 bits per heavy atom. The summed E-state index contributed by atoms with van der Waals surface area (Å²) in [7, 11) is 3.33. The van der Waals surface area contributed by atoms with Gasteiger partial charge in [-0.25, -0.2) is 0 Å². The van der Waals surface area contributed by atoms with E-state index in [-0.39, 0.29) is 0 Å². The minimum absolute atomic E-state index is 0.389. The van der Waals surface area contributed by atoms with Crippen LogP contribution in [0.25, 0.3) is 0 Å². The maximum Gasteiger partial charge on any atom is 0.186 e. The van der Waals surface area contributed by atoms with Crippen LogP contribution in [0, 0.1) is 3.57 Å². The number of para-hydroxylation sites is 1. The van der Waals surface area contributed by atoms with Crippen molar-refractivity contribution in [1.82, 2.24) is 10.7 Å². The van der Waals surface area contributed by atoms with E-state index in [4.69, 9.17) is 26.4 Å². The van der Waals surface area contributed by atoms with Gasteiger partial charge in [0.1, 0.15) is 19.0 Å². The predicted octanol–water partition coefficient (Wildman–Crippen LogP) is 3.91. The number of benzene rings is 2. The number of hydrazone groups is 1. The second kappa shape index (κ2) is 12.3. The third kappa shape index (κ3) is 7.21. The molecule has 0 saturated carbocycles. The molecule has 0 aromatic heterocycles. The van der Waals surface area contributed by atoms with E-state index in [0.29, 0.717) is 29.8 Å². The molecule has 2 rings (SSSR count). The van der Waals surface area contributed by atoms with Crippen LogP contribution in [0.3, 0.4) is 0 Å². The first-order chi connectivity index (χ1) is 14.1. The van der Waals surface area contributed by atoms with Crippen LogP contribution in [-0.2, 0) is 6.42 Å². The third-order valence-electron chi connectivity index (χ3n) is 3.78. The summed E-state index contributed by atoms with van der Waals surface area (Å²) in [6, 6.07) is 11.7. The van der Waals surface area contributed by atoms with Gasteiger partial charge in [0.05, 0.1) is 16.9 Å². The average Bonchev–Trinajstić information content (AvgIpc) is 2.73. The number of nitrogens with zero attached hydrogens (tertiary/aromatic N) is 1. The predicted molar refractivity (Wildman–Crippen MR) is 129 cm³/mol. The lowest BCUT2D eigenvalue weighted by atomic mass is 10.1. The lowest BCUT2D eigenvalue weighted by Crippen LogP contribution is -2.28. The summed E-state index contributed by atoms with van der Waals surface area (Å²) in [4.78, 5) is 0. The zero-order chi connectivity index (χ0) is 21.1. The van der Waals surface area contributed by atoms with E-state index >= 15 is 0 Å². The molecule has 29 heavy (non-hydrogen) atoms. The Kier molecular flexibility index (Phi) is 9.72. The molecule has 2 N–H and O–H groups in total. The molecule has 0 aliphatic carbocycles. The molecule has 6 nitrogen and oxygen atoms in total. The van der Waals surface area contributed by atoms with Gasteiger partial charge in [-0.15, -0.1) is 6.58 Å². The van der Waals surface area contributed by atoms with E-state index in [1.165, 1.54) is 0 Å². The number of halogens is 1. The van der Waals surface area contributed by atoms with Crippen LogP contribution in [0.2, 0.25) is 0 Å². The number of rotatable bonds is 10. The highest BCUT2D eigenvalue weighted by Gasteiger charge is 2.11. The van der Waals surface area contributed by atoms with Gasteiger partial charge in [0, 0.05) is 7.05 Å². The van der Waals surface area contributed by atoms with Gasteiger partial charge < -0.3 is 19.5 Å². The van der Waals surface area contributed by atoms with E-state index in [9.17, 15) is 0 Å². The first-order valence-electron chi connectivity index (χ1n) is 8.91. The van der Waals surface area contributed by atoms with Crippen LogP contribution in [0.5, 0.6) is 17.2 Å². The normalized spacial score (nSPS) is 10.4. The lowest BCUT2D eigenvalue weighted by molar-refractivity contribution is 0.209. The Bertz CT molecular complexity index is 874. The summed E-state index contributed by atoms with van der Waals surface area (Å²) in [5.74, 6) is 2.14. The second-order valence-electron chi connectivity index (χ2n) is 5.78. The van der Waals surface area contributed by atoms with Crippen molar-refractivity contribution in [1.29, 1.82) is 0 Å². The molecule has 0 amide bonds. The van der Waals surface area contributed by atoms with Crippen LogP contribution in [0.4, 0.5) is 0 Å². The van der Waals surface area contributed by atoms with Crippen molar-refractivity contribution in [3.05, 3.63) is 63.8 Å². The fourth-order valence-corrected chi connectivity index (χ4v) is 3.27. The lowest BCUT2D eigenvalue weighted by Gasteiger charge is -2.15. The molecule has 8 heteroatoms. The Morgan fingerprint density at radius 3 is 2.69 bits per heavy atom. The van der Waals surface area contributed by atoms with Crippen molar-refractivity contribution in [2.45, 2.75) is 6.42 Å². The van der Waals surface area contributed by atoms with Gasteiger partial charge in [0.25, 0.3) is 0 Å². The Labute approximate surface area is 190 Å². The molecule has 0 bridgehead atoms. The minimum Gasteiger partial charge on any atom is -0.493 e. The molecule has 0 spiro atoms. The number of ether oxygens (including phenoxy) is 3. The first-order valence-corrected chi connectivity index (χ1v) is 10.4. The molecule has 0 aliphatic heterocycles. The van der Waals surface area contributed by atoms with Crippen molar-refractivity contribution in [3.63, 3.8) is 0 Å². The van der Waals surface area contributed by atoms with Crippen molar-refractivity contribution >= 4 is 46.1 Å². The van der Waals surface area contributed by atoms with E-state index in [1.54, 1.807) is 20.4 Å². The summed E-state index contributed by atoms with van der Waals surface area (Å²) in [6.07, 6.45) is 4.29. The van der Waals surface area contributed by atoms with E-state index < -0.39 is 0 Å². The summed E-state index contributed by atoms with van der Waals surface area (Å²) < 4.78 is 18.2. The van der Waals surface area contributed by atoms with Crippen LogP contribution >= 0.6 is 34.8 Å². The molecular weight excluding hydrogens is 501 g/mol. The fourth-order valence-electron chi connectivity index (χ4n) is 2.44. The molecular formula is C21H24IN3O3S. The highest BCUT2D eigenvalue weighted by Crippen LogP contribution is 2.33. The number of hydrogen-bond acceptors (Lipinski definition) is 5. The number of allylic oxidation sites excluding steroid dienone is 1. The molecule has 0 heterocycles. The molecule has 154 valence electrons. The fraction of sp³-hybridized carbons (Fsp3) is 0.238. The van der Waals surface area contributed by atoms with E-state index in [2.05, 4.69) is 45.0 Å². The number of hydrogen-bond donors (Lipinski definition) is 2. The standard InChI is InChI=1S/C21H24IN3O3S/c1-4-7-16-8-5-6-9-18(16)27-10-11-28-20-17(22)12-15(13-19(20)26-3)14-24-25-21(29)23-2/h4-6,8-9,12-14H,1,7,10-11H2,2-3H3,(H2,23,25,29)/b24-14-. The molecule has 2 aromatic rings. The molecule has 2 aromatic carbocycles. The van der Waals surface area contributed by atoms with E-state index in [1.807, 2.05) is 42.5 Å². The smallest absolute Gasteiger partial charge is 0.186 e. The molecule has 0 fully saturated rings. The Hall–Kier alpha value is -2.33. The highest BCUT2D eigenvalue weighted by atomic mass is 127. The number of thiocarbonyl (C=S) groups is 1. The monoisotopic (exact) mass is 525 g/mol. The second-order valence-corrected chi connectivity index (χ2v) is 7.35. The van der Waals surface area contributed by atoms with Gasteiger partial charge in [-0.3, -0.25) is 5.43 Å². The van der Waals surface area contributed by atoms with Crippen LogP contribution in [-0.4, -0.2) is 38.7 Å². The highest BCUT2D eigenvalue weighted by molar-refractivity contribution is 14.1. The van der Waals surface area contributed by atoms with Crippen molar-refractivity contribution in [2.24, 2.45) is 5.10 Å². The van der Waals surface area contributed by atoms with Crippen LogP contribution < -0.4 is 25.0 Å². The van der Waals surface area contributed by atoms with Crippen molar-refractivity contribution in [2.75, 3.05) is 27.4 Å². The Morgan fingerprint density at radius 1 is 1.21 bits per heavy atom. The quantitative estimate of drug-likeness (QED) is 0.123. The number of methoxy groups -OCH3 is 1. The zero-order valence-corrected chi connectivity index (χ0v) is 19.4. The van der Waals surface area contributed by atoms with Crippen molar-refractivity contribution < 1.29 is 14.2 Å². The van der Waals surface area contributed by atoms with Gasteiger partial charge in [-0.1, -0.05) is 24.3 Å². The number of nitrogens with one attached hydrogen (secondary N) is 2. The zero-order valence-electron chi connectivity index (χ0n) is 16.4. The van der Waals surface area contributed by atoms with Gasteiger partial charge in [0.2, 0.25) is 0 Å². The van der Waals surface area contributed by atoms with Gasteiger partial charge >= 0.3 is 0 Å². The summed E-state index contributed by atoms with van der Waals surface area (Å²) in [6.45, 7) is 4.59. The van der Waals surface area contributed by atoms with Gasteiger partial charge in [0.15, 0.2) is 16.6 Å². The van der Waals surface area contributed by atoms with Gasteiger partial charge in [-0.2, -0.15) is 5.10 Å².